The Hall–Kier alpha value is -1.06. The molecular formula is C16H32IN5O2. The van der Waals surface area contributed by atoms with Crippen LogP contribution >= 0.6 is 24.0 Å². The first-order valence-electron chi connectivity index (χ1n) is 8.31. The number of nitrogens with zero attached hydrogens (tertiary/aromatic N) is 2. The van der Waals surface area contributed by atoms with Crippen LogP contribution in [-0.4, -0.2) is 62.4 Å². The number of hydrogen-bond acceptors (Lipinski definition) is 3. The van der Waals surface area contributed by atoms with Crippen LogP contribution < -0.4 is 16.0 Å². The third kappa shape index (κ3) is 8.16. The molecule has 1 aliphatic rings. The maximum atomic E-state index is 12.2. The molecule has 0 aromatic heterocycles. The van der Waals surface area contributed by atoms with Gasteiger partial charge in [-0.1, -0.05) is 6.42 Å². The van der Waals surface area contributed by atoms with E-state index in [1.807, 2.05) is 13.8 Å². The van der Waals surface area contributed by atoms with Gasteiger partial charge in [-0.3, -0.25) is 14.6 Å². The van der Waals surface area contributed by atoms with Crippen LogP contribution in [0.4, 0.5) is 0 Å². The van der Waals surface area contributed by atoms with E-state index < -0.39 is 0 Å². The highest BCUT2D eigenvalue weighted by atomic mass is 127. The third-order valence-corrected chi connectivity index (χ3v) is 3.95. The number of nitrogens with one attached hydrogen (secondary N) is 3. The lowest BCUT2D eigenvalue weighted by Crippen LogP contribution is -2.49. The third-order valence-electron chi connectivity index (χ3n) is 3.95. The number of carbonyl (C=O) groups is 2. The van der Waals surface area contributed by atoms with Crippen LogP contribution in [0.15, 0.2) is 4.99 Å². The van der Waals surface area contributed by atoms with E-state index in [9.17, 15) is 9.59 Å². The molecule has 1 saturated carbocycles. The van der Waals surface area contributed by atoms with Crippen molar-refractivity contribution in [2.24, 2.45) is 10.9 Å². The number of likely N-dealkylation sites (N-methyl/N-ethyl adjacent to an activating group) is 1. The van der Waals surface area contributed by atoms with Crippen LogP contribution in [-0.2, 0) is 9.59 Å². The molecule has 0 aromatic rings. The number of guanidine groups is 1. The molecule has 1 aliphatic carbocycles. The summed E-state index contributed by atoms with van der Waals surface area (Å²) in [6, 6.07) is 0.370. The van der Waals surface area contributed by atoms with Crippen LogP contribution in [0.2, 0.25) is 0 Å². The van der Waals surface area contributed by atoms with Gasteiger partial charge in [0.2, 0.25) is 11.8 Å². The highest BCUT2D eigenvalue weighted by Gasteiger charge is 2.28. The predicted molar refractivity (Wildman–Crippen MR) is 108 cm³/mol. The number of carbonyl (C=O) groups excluding carboxylic acids is 2. The summed E-state index contributed by atoms with van der Waals surface area (Å²) in [7, 11) is 5.12. The zero-order valence-electron chi connectivity index (χ0n) is 15.4. The summed E-state index contributed by atoms with van der Waals surface area (Å²) in [5, 5.41) is 9.34. The second kappa shape index (κ2) is 11.5. The minimum atomic E-state index is -0.00854. The molecule has 2 amide bonds. The lowest BCUT2D eigenvalue weighted by molar-refractivity contribution is -0.127. The highest BCUT2D eigenvalue weighted by Crippen LogP contribution is 2.24. The van der Waals surface area contributed by atoms with E-state index in [-0.39, 0.29) is 60.3 Å². The summed E-state index contributed by atoms with van der Waals surface area (Å²) >= 11 is 0. The summed E-state index contributed by atoms with van der Waals surface area (Å²) in [5.41, 5.74) is 0. The Kier molecular flexibility index (Phi) is 11.0. The molecule has 0 aliphatic heterocycles. The average molecular weight is 453 g/mol. The topological polar surface area (TPSA) is 85.8 Å². The molecule has 0 spiro atoms. The summed E-state index contributed by atoms with van der Waals surface area (Å²) < 4.78 is 0. The number of rotatable bonds is 5. The van der Waals surface area contributed by atoms with Gasteiger partial charge >= 0.3 is 0 Å². The highest BCUT2D eigenvalue weighted by molar-refractivity contribution is 14.0. The summed E-state index contributed by atoms with van der Waals surface area (Å²) in [6.45, 7) is 4.16. The molecule has 1 rings (SSSR count). The van der Waals surface area contributed by atoms with Crippen LogP contribution in [0.5, 0.6) is 0 Å². The average Bonchev–Trinajstić information content (AvgIpc) is 2.50. The molecule has 0 saturated heterocycles. The van der Waals surface area contributed by atoms with Crippen molar-refractivity contribution in [2.75, 3.05) is 27.7 Å². The summed E-state index contributed by atoms with van der Waals surface area (Å²) in [5.74, 6) is 0.781. The van der Waals surface area contributed by atoms with E-state index in [0.717, 1.165) is 25.7 Å². The van der Waals surface area contributed by atoms with Gasteiger partial charge in [0, 0.05) is 39.1 Å². The first-order valence-corrected chi connectivity index (χ1v) is 8.31. The molecule has 2 atom stereocenters. The van der Waals surface area contributed by atoms with Crippen molar-refractivity contribution in [2.45, 2.75) is 51.6 Å². The van der Waals surface area contributed by atoms with Gasteiger partial charge < -0.3 is 20.9 Å². The molecule has 0 radical (unpaired) electrons. The second-order valence-electron chi connectivity index (χ2n) is 6.58. The minimum absolute atomic E-state index is 0. The van der Waals surface area contributed by atoms with Crippen molar-refractivity contribution in [3.63, 3.8) is 0 Å². The lowest BCUT2D eigenvalue weighted by atomic mass is 9.85. The Balaban J connectivity index is 0.00000529. The van der Waals surface area contributed by atoms with E-state index in [4.69, 9.17) is 0 Å². The fraction of sp³-hybridized carbons (Fsp3) is 0.812. The molecule has 0 heterocycles. The fourth-order valence-corrected chi connectivity index (χ4v) is 2.67. The minimum Gasteiger partial charge on any atom is -0.354 e. The van der Waals surface area contributed by atoms with Crippen LogP contribution in [0.25, 0.3) is 0 Å². The van der Waals surface area contributed by atoms with Gasteiger partial charge in [-0.05, 0) is 33.1 Å². The number of hydrogen-bond donors (Lipinski definition) is 3. The standard InChI is InChI=1S/C16H31N5O2.HI/c1-11(2)19-15(23)12-7-6-8-13(9-12)20-16(17-3)18-10-14(22)21(4)5;/h11-13H,6-10H2,1-5H3,(H,19,23)(H2,17,18,20);1H. The van der Waals surface area contributed by atoms with Crippen molar-refractivity contribution in [1.29, 1.82) is 0 Å². The Morgan fingerprint density at radius 1 is 1.25 bits per heavy atom. The molecule has 3 N–H and O–H groups in total. The SMILES string of the molecule is CN=C(NCC(=O)N(C)C)NC1CCCC(C(=O)NC(C)C)C1.I. The lowest BCUT2D eigenvalue weighted by Gasteiger charge is -2.30. The molecule has 8 heteroatoms. The number of halogens is 1. The van der Waals surface area contributed by atoms with Crippen LogP contribution in [0.1, 0.15) is 39.5 Å². The van der Waals surface area contributed by atoms with Crippen molar-refractivity contribution in [1.82, 2.24) is 20.9 Å². The van der Waals surface area contributed by atoms with Crippen molar-refractivity contribution in [3.05, 3.63) is 0 Å². The summed E-state index contributed by atoms with van der Waals surface area (Å²) in [6.07, 6.45) is 3.75. The predicted octanol–water partition coefficient (Wildman–Crippen LogP) is 0.941. The van der Waals surface area contributed by atoms with Crippen LogP contribution in [0.3, 0.4) is 0 Å². The fourth-order valence-electron chi connectivity index (χ4n) is 2.67. The second-order valence-corrected chi connectivity index (χ2v) is 6.58. The number of aliphatic imine (C=N–C) groups is 1. The van der Waals surface area contributed by atoms with Gasteiger partial charge in [0.05, 0.1) is 6.54 Å². The van der Waals surface area contributed by atoms with E-state index >= 15 is 0 Å². The van der Waals surface area contributed by atoms with Gasteiger partial charge in [-0.15, -0.1) is 24.0 Å². The smallest absolute Gasteiger partial charge is 0.241 e. The molecule has 24 heavy (non-hydrogen) atoms. The maximum Gasteiger partial charge on any atom is 0.241 e. The summed E-state index contributed by atoms with van der Waals surface area (Å²) in [4.78, 5) is 29.5. The number of amides is 2. The van der Waals surface area contributed by atoms with E-state index in [1.165, 1.54) is 4.90 Å². The largest absolute Gasteiger partial charge is 0.354 e. The normalized spacial score (nSPS) is 20.8. The van der Waals surface area contributed by atoms with Gasteiger partial charge in [0.15, 0.2) is 5.96 Å². The molecule has 140 valence electrons. The molecule has 0 bridgehead atoms. The van der Waals surface area contributed by atoms with Crippen molar-refractivity contribution >= 4 is 41.8 Å². The first kappa shape index (κ1) is 22.9. The van der Waals surface area contributed by atoms with E-state index in [1.54, 1.807) is 21.1 Å². The zero-order valence-corrected chi connectivity index (χ0v) is 17.7. The Labute approximate surface area is 162 Å². The molecular weight excluding hydrogens is 421 g/mol. The van der Waals surface area contributed by atoms with E-state index in [0.29, 0.717) is 5.96 Å². The molecule has 0 aromatic carbocycles. The Morgan fingerprint density at radius 2 is 1.92 bits per heavy atom. The van der Waals surface area contributed by atoms with E-state index in [2.05, 4.69) is 20.9 Å². The molecule has 2 unspecified atom stereocenters. The first-order chi connectivity index (χ1) is 10.8. The Morgan fingerprint density at radius 3 is 2.46 bits per heavy atom. The van der Waals surface area contributed by atoms with Crippen LogP contribution in [0, 0.1) is 5.92 Å². The van der Waals surface area contributed by atoms with Gasteiger partial charge in [0.1, 0.15) is 0 Å². The quantitative estimate of drug-likeness (QED) is 0.329. The zero-order chi connectivity index (χ0) is 17.4. The maximum absolute atomic E-state index is 12.2. The molecule has 7 nitrogen and oxygen atoms in total. The van der Waals surface area contributed by atoms with Crippen molar-refractivity contribution in [3.8, 4) is 0 Å². The van der Waals surface area contributed by atoms with Crippen molar-refractivity contribution < 1.29 is 9.59 Å². The van der Waals surface area contributed by atoms with Gasteiger partial charge in [0.25, 0.3) is 0 Å². The molecule has 1 fully saturated rings. The monoisotopic (exact) mass is 453 g/mol. The van der Waals surface area contributed by atoms with Gasteiger partial charge in [-0.2, -0.15) is 0 Å². The van der Waals surface area contributed by atoms with Gasteiger partial charge in [-0.25, -0.2) is 0 Å². The Bertz CT molecular complexity index is 440.